The smallest absolute Gasteiger partial charge is 0.117 e. The summed E-state index contributed by atoms with van der Waals surface area (Å²) in [5.74, 6) is 0. The van der Waals surface area contributed by atoms with Crippen molar-refractivity contribution in [1.29, 1.82) is 0 Å². The van der Waals surface area contributed by atoms with Crippen molar-refractivity contribution in [2.24, 2.45) is 0 Å². The van der Waals surface area contributed by atoms with Crippen LogP contribution in [0, 0.1) is 0 Å². The van der Waals surface area contributed by atoms with Gasteiger partial charge in [-0.1, -0.05) is 11.6 Å². The second-order valence-electron chi connectivity index (χ2n) is 2.94. The van der Waals surface area contributed by atoms with E-state index >= 15 is 0 Å². The highest BCUT2D eigenvalue weighted by atomic mass is 35.5. The Morgan fingerprint density at radius 2 is 2.50 bits per heavy atom. The van der Waals surface area contributed by atoms with Crippen molar-refractivity contribution < 1.29 is 9.84 Å². The summed E-state index contributed by atoms with van der Waals surface area (Å²) < 4.78 is 5.80. The highest BCUT2D eigenvalue weighted by Gasteiger charge is 2.36. The van der Waals surface area contributed by atoms with Gasteiger partial charge < -0.3 is 9.84 Å². The molecular weight excluding hydrogens is 196 g/mol. The van der Waals surface area contributed by atoms with Gasteiger partial charge in [0.05, 0.1) is 10.9 Å². The Hall–Kier alpha value is -0.0900. The fraction of sp³-hybridized carbons (Fsp3) is 0.500. The van der Waals surface area contributed by atoms with E-state index < -0.39 is 5.60 Å². The van der Waals surface area contributed by atoms with E-state index in [0.29, 0.717) is 24.0 Å². The predicted molar refractivity (Wildman–Crippen MR) is 48.7 cm³/mol. The highest BCUT2D eigenvalue weighted by molar-refractivity contribution is 7.14. The molecule has 4 heteroatoms. The van der Waals surface area contributed by atoms with Crippen molar-refractivity contribution in [3.63, 3.8) is 0 Å². The van der Waals surface area contributed by atoms with E-state index in [0.717, 1.165) is 5.56 Å². The lowest BCUT2D eigenvalue weighted by molar-refractivity contribution is 0.0236. The van der Waals surface area contributed by atoms with Crippen LogP contribution in [0.2, 0.25) is 4.34 Å². The van der Waals surface area contributed by atoms with Crippen molar-refractivity contribution in [2.75, 3.05) is 13.2 Å². The van der Waals surface area contributed by atoms with E-state index in [-0.39, 0.29) is 0 Å². The first-order valence-corrected chi connectivity index (χ1v) is 5.02. The van der Waals surface area contributed by atoms with Crippen LogP contribution in [0.3, 0.4) is 0 Å². The number of hydrogen-bond donors (Lipinski definition) is 1. The van der Waals surface area contributed by atoms with E-state index in [1.807, 2.05) is 11.4 Å². The van der Waals surface area contributed by atoms with Crippen molar-refractivity contribution in [1.82, 2.24) is 0 Å². The van der Waals surface area contributed by atoms with E-state index in [4.69, 9.17) is 16.3 Å². The zero-order valence-electron chi connectivity index (χ0n) is 6.42. The fourth-order valence-electron chi connectivity index (χ4n) is 1.40. The maximum atomic E-state index is 10.0. The average Bonchev–Trinajstić information content (AvgIpc) is 2.59. The molecule has 1 atom stereocenters. The summed E-state index contributed by atoms with van der Waals surface area (Å²) in [4.78, 5) is 0. The summed E-state index contributed by atoms with van der Waals surface area (Å²) in [6.07, 6.45) is 0.642. The Morgan fingerprint density at radius 3 is 3.00 bits per heavy atom. The molecule has 1 N–H and O–H groups in total. The Labute approximate surface area is 79.7 Å². The molecule has 2 heterocycles. The molecule has 2 rings (SSSR count). The molecule has 1 unspecified atom stereocenters. The van der Waals surface area contributed by atoms with Crippen molar-refractivity contribution in [3.05, 3.63) is 21.3 Å². The lowest BCUT2D eigenvalue weighted by Gasteiger charge is -2.19. The molecular formula is C8H9ClO2S. The number of thiophene rings is 1. The van der Waals surface area contributed by atoms with Crippen molar-refractivity contribution in [3.8, 4) is 0 Å². The third kappa shape index (κ3) is 1.27. The van der Waals surface area contributed by atoms with Gasteiger partial charge in [-0.2, -0.15) is 0 Å². The zero-order valence-corrected chi connectivity index (χ0v) is 7.99. The summed E-state index contributed by atoms with van der Waals surface area (Å²) in [7, 11) is 0. The summed E-state index contributed by atoms with van der Waals surface area (Å²) >= 11 is 7.35. The topological polar surface area (TPSA) is 29.5 Å². The molecule has 1 aliphatic heterocycles. The minimum atomic E-state index is -0.836. The van der Waals surface area contributed by atoms with Gasteiger partial charge in [0.25, 0.3) is 0 Å². The average molecular weight is 205 g/mol. The van der Waals surface area contributed by atoms with Crippen LogP contribution >= 0.6 is 22.9 Å². The number of aliphatic hydroxyl groups is 1. The van der Waals surface area contributed by atoms with Gasteiger partial charge in [0.1, 0.15) is 5.60 Å². The minimum Gasteiger partial charge on any atom is -0.383 e. The van der Waals surface area contributed by atoms with Gasteiger partial charge >= 0.3 is 0 Å². The lowest BCUT2D eigenvalue weighted by atomic mass is 9.96. The molecule has 12 heavy (non-hydrogen) atoms. The third-order valence-electron chi connectivity index (χ3n) is 2.12. The van der Waals surface area contributed by atoms with Gasteiger partial charge in [0.2, 0.25) is 0 Å². The maximum absolute atomic E-state index is 10.0. The van der Waals surface area contributed by atoms with Crippen molar-refractivity contribution in [2.45, 2.75) is 12.0 Å². The molecule has 0 amide bonds. The van der Waals surface area contributed by atoms with Gasteiger partial charge in [-0.3, -0.25) is 0 Å². The Bertz CT molecular complexity index is 278. The van der Waals surface area contributed by atoms with Crippen LogP contribution < -0.4 is 0 Å². The zero-order chi connectivity index (χ0) is 8.60. The molecule has 1 saturated heterocycles. The SMILES string of the molecule is OC1(c2ccsc2Cl)CCOC1. The molecule has 1 aromatic heterocycles. The lowest BCUT2D eigenvalue weighted by Crippen LogP contribution is -2.25. The van der Waals surface area contributed by atoms with Gasteiger partial charge in [-0.15, -0.1) is 11.3 Å². The molecule has 66 valence electrons. The summed E-state index contributed by atoms with van der Waals surface area (Å²) in [5, 5.41) is 11.9. The van der Waals surface area contributed by atoms with E-state index in [1.54, 1.807) is 0 Å². The number of ether oxygens (including phenoxy) is 1. The number of hydrogen-bond acceptors (Lipinski definition) is 3. The van der Waals surface area contributed by atoms with Gasteiger partial charge in [-0.05, 0) is 11.4 Å². The quantitative estimate of drug-likeness (QED) is 0.759. The molecule has 0 spiro atoms. The largest absolute Gasteiger partial charge is 0.383 e. The fourth-order valence-corrected chi connectivity index (χ4v) is 2.50. The van der Waals surface area contributed by atoms with Gasteiger partial charge in [-0.25, -0.2) is 0 Å². The molecule has 1 aliphatic rings. The Morgan fingerprint density at radius 1 is 1.67 bits per heavy atom. The number of rotatable bonds is 1. The first-order valence-electron chi connectivity index (χ1n) is 3.76. The monoisotopic (exact) mass is 204 g/mol. The van der Waals surface area contributed by atoms with Gasteiger partial charge in [0, 0.05) is 18.6 Å². The standard InChI is InChI=1S/C8H9ClO2S/c9-7-6(1-4-12-7)8(10)2-3-11-5-8/h1,4,10H,2-3,5H2. The third-order valence-corrected chi connectivity index (χ3v) is 3.29. The van der Waals surface area contributed by atoms with Crippen LogP contribution in [0.4, 0.5) is 0 Å². The molecule has 0 saturated carbocycles. The second kappa shape index (κ2) is 3.00. The molecule has 0 aliphatic carbocycles. The molecule has 1 aromatic rings. The predicted octanol–water partition coefficient (Wildman–Crippen LogP) is 2.01. The highest BCUT2D eigenvalue weighted by Crippen LogP contribution is 2.37. The van der Waals surface area contributed by atoms with Crippen LogP contribution in [-0.2, 0) is 10.3 Å². The Kier molecular flexibility index (Phi) is 2.12. The van der Waals surface area contributed by atoms with Crippen LogP contribution in [-0.4, -0.2) is 18.3 Å². The van der Waals surface area contributed by atoms with E-state index in [2.05, 4.69) is 0 Å². The molecule has 0 radical (unpaired) electrons. The van der Waals surface area contributed by atoms with E-state index in [1.165, 1.54) is 11.3 Å². The maximum Gasteiger partial charge on any atom is 0.117 e. The van der Waals surface area contributed by atoms with Crippen LogP contribution in [0.5, 0.6) is 0 Å². The number of halogens is 1. The first-order chi connectivity index (χ1) is 5.72. The van der Waals surface area contributed by atoms with E-state index in [9.17, 15) is 5.11 Å². The summed E-state index contributed by atoms with van der Waals surface area (Å²) in [5.41, 5.74) is -0.0245. The Balaban J connectivity index is 2.34. The molecule has 1 fully saturated rings. The molecule has 0 aromatic carbocycles. The normalized spacial score (nSPS) is 29.5. The van der Waals surface area contributed by atoms with Gasteiger partial charge in [0.15, 0.2) is 0 Å². The minimum absolute atomic E-state index is 0.365. The van der Waals surface area contributed by atoms with Crippen LogP contribution in [0.25, 0.3) is 0 Å². The second-order valence-corrected chi connectivity index (χ2v) is 4.46. The van der Waals surface area contributed by atoms with Crippen LogP contribution in [0.15, 0.2) is 11.4 Å². The van der Waals surface area contributed by atoms with Crippen LogP contribution in [0.1, 0.15) is 12.0 Å². The molecule has 2 nitrogen and oxygen atoms in total. The summed E-state index contributed by atoms with van der Waals surface area (Å²) in [6.45, 7) is 0.978. The molecule has 0 bridgehead atoms. The summed E-state index contributed by atoms with van der Waals surface area (Å²) in [6, 6.07) is 1.86. The first kappa shape index (κ1) is 8.51. The van der Waals surface area contributed by atoms with Crippen molar-refractivity contribution >= 4 is 22.9 Å².